The van der Waals surface area contributed by atoms with Crippen molar-refractivity contribution in [1.82, 2.24) is 5.32 Å². The van der Waals surface area contributed by atoms with Gasteiger partial charge in [-0.05, 0) is 44.3 Å². The fraction of sp³-hybridized carbons (Fsp3) is 1.00. The molecule has 2 N–H and O–H groups in total. The summed E-state index contributed by atoms with van der Waals surface area (Å²) in [6, 6.07) is 0.605. The lowest BCUT2D eigenvalue weighted by Gasteiger charge is -2.15. The van der Waals surface area contributed by atoms with Crippen LogP contribution in [0.25, 0.3) is 0 Å². The van der Waals surface area contributed by atoms with Crippen LogP contribution in [-0.4, -0.2) is 22.9 Å². The molecular weight excluding hydrogens is 170 g/mol. The standard InChI is InChI=1S/C9H21NOS/c1-8(2)7-9(3)10-5-4-6-12-11/h8-11H,4-7H2,1-3H3. The Morgan fingerprint density at radius 3 is 2.50 bits per heavy atom. The maximum atomic E-state index is 8.47. The lowest BCUT2D eigenvalue weighted by atomic mass is 10.1. The molecule has 1 atom stereocenters. The molecule has 1 unspecified atom stereocenters. The highest BCUT2D eigenvalue weighted by Gasteiger charge is 2.02. The first kappa shape index (κ1) is 12.3. The van der Waals surface area contributed by atoms with Crippen LogP contribution in [0.5, 0.6) is 0 Å². The van der Waals surface area contributed by atoms with E-state index in [0.29, 0.717) is 6.04 Å². The molecule has 0 amide bonds. The molecule has 0 aliphatic carbocycles. The van der Waals surface area contributed by atoms with Crippen molar-refractivity contribution < 1.29 is 4.55 Å². The summed E-state index contributed by atoms with van der Waals surface area (Å²) in [4.78, 5) is 0. The van der Waals surface area contributed by atoms with Gasteiger partial charge >= 0.3 is 0 Å². The smallest absolute Gasteiger partial charge is 0.0207 e. The molecule has 0 aliphatic heterocycles. The van der Waals surface area contributed by atoms with Crippen molar-refractivity contribution in [1.29, 1.82) is 0 Å². The average molecular weight is 191 g/mol. The van der Waals surface area contributed by atoms with Crippen LogP contribution < -0.4 is 5.32 Å². The third-order valence-electron chi connectivity index (χ3n) is 1.73. The zero-order chi connectivity index (χ0) is 9.40. The van der Waals surface area contributed by atoms with Gasteiger partial charge in [0.2, 0.25) is 0 Å². The van der Waals surface area contributed by atoms with Gasteiger partial charge < -0.3 is 9.87 Å². The first-order valence-electron chi connectivity index (χ1n) is 4.66. The average Bonchev–Trinajstić information content (AvgIpc) is 1.97. The second-order valence-corrected chi connectivity index (χ2v) is 4.34. The molecule has 0 rings (SSSR count). The fourth-order valence-corrected chi connectivity index (χ4v) is 1.55. The van der Waals surface area contributed by atoms with Crippen molar-refractivity contribution in [3.05, 3.63) is 0 Å². The Bertz CT molecular complexity index is 98.5. The van der Waals surface area contributed by atoms with Crippen LogP contribution in [0.4, 0.5) is 0 Å². The molecule has 0 aromatic rings. The molecule has 0 aromatic heterocycles. The number of hydrogen-bond acceptors (Lipinski definition) is 3. The normalized spacial score (nSPS) is 13.8. The molecule has 0 radical (unpaired) electrons. The van der Waals surface area contributed by atoms with Gasteiger partial charge in [-0.15, -0.1) is 0 Å². The van der Waals surface area contributed by atoms with Crippen LogP contribution in [0.3, 0.4) is 0 Å². The molecule has 0 saturated carbocycles. The van der Waals surface area contributed by atoms with E-state index < -0.39 is 0 Å². The summed E-state index contributed by atoms with van der Waals surface area (Å²) in [5.74, 6) is 1.60. The Balaban J connectivity index is 3.14. The van der Waals surface area contributed by atoms with E-state index in [1.165, 1.54) is 6.42 Å². The molecule has 0 heterocycles. The Labute approximate surface area is 80.3 Å². The maximum absolute atomic E-state index is 8.47. The molecule has 74 valence electrons. The van der Waals surface area contributed by atoms with E-state index in [0.717, 1.165) is 36.7 Å². The van der Waals surface area contributed by atoms with Gasteiger partial charge in [0, 0.05) is 11.8 Å². The monoisotopic (exact) mass is 191 g/mol. The van der Waals surface area contributed by atoms with Crippen molar-refractivity contribution in [3.8, 4) is 0 Å². The van der Waals surface area contributed by atoms with E-state index in [4.69, 9.17) is 4.55 Å². The van der Waals surface area contributed by atoms with Crippen LogP contribution in [0.15, 0.2) is 0 Å². The number of rotatable bonds is 7. The third kappa shape index (κ3) is 8.37. The van der Waals surface area contributed by atoms with Crippen LogP contribution in [0.2, 0.25) is 0 Å². The predicted octanol–water partition coefficient (Wildman–Crippen LogP) is 2.61. The molecular formula is C9H21NOS. The second-order valence-electron chi connectivity index (χ2n) is 3.67. The summed E-state index contributed by atoms with van der Waals surface area (Å²) >= 11 is 0.927. The van der Waals surface area contributed by atoms with E-state index in [-0.39, 0.29) is 0 Å². The minimum Gasteiger partial charge on any atom is -0.330 e. The van der Waals surface area contributed by atoms with Gasteiger partial charge in [0.25, 0.3) is 0 Å². The van der Waals surface area contributed by atoms with Crippen molar-refractivity contribution >= 4 is 12.0 Å². The van der Waals surface area contributed by atoms with Crippen molar-refractivity contribution in [2.75, 3.05) is 12.3 Å². The van der Waals surface area contributed by atoms with E-state index in [9.17, 15) is 0 Å². The summed E-state index contributed by atoms with van der Waals surface area (Å²) in [6.45, 7) is 7.71. The molecule has 3 heteroatoms. The first-order valence-corrected chi connectivity index (χ1v) is 5.60. The van der Waals surface area contributed by atoms with Gasteiger partial charge in [0.15, 0.2) is 0 Å². The van der Waals surface area contributed by atoms with E-state index in [2.05, 4.69) is 26.1 Å². The molecule has 0 saturated heterocycles. The Morgan fingerprint density at radius 1 is 1.33 bits per heavy atom. The van der Waals surface area contributed by atoms with E-state index in [1.807, 2.05) is 0 Å². The van der Waals surface area contributed by atoms with Gasteiger partial charge in [-0.2, -0.15) is 0 Å². The van der Waals surface area contributed by atoms with Gasteiger partial charge in [-0.25, -0.2) is 0 Å². The van der Waals surface area contributed by atoms with Crippen LogP contribution in [0.1, 0.15) is 33.6 Å². The lowest BCUT2D eigenvalue weighted by molar-refractivity contribution is 0.443. The Hall–Kier alpha value is 0.270. The number of nitrogens with one attached hydrogen (secondary N) is 1. The molecule has 2 nitrogen and oxygen atoms in total. The summed E-state index contributed by atoms with van der Waals surface area (Å²) in [5.41, 5.74) is 0. The third-order valence-corrected chi connectivity index (χ3v) is 2.20. The van der Waals surface area contributed by atoms with E-state index in [1.54, 1.807) is 0 Å². The zero-order valence-electron chi connectivity index (χ0n) is 8.34. The molecule has 0 aliphatic rings. The largest absolute Gasteiger partial charge is 0.330 e. The summed E-state index contributed by atoms with van der Waals surface area (Å²) < 4.78 is 8.47. The number of hydrogen-bond donors (Lipinski definition) is 2. The quantitative estimate of drug-likeness (QED) is 0.479. The first-order chi connectivity index (χ1) is 5.66. The zero-order valence-corrected chi connectivity index (χ0v) is 9.16. The second kappa shape index (κ2) is 7.90. The predicted molar refractivity (Wildman–Crippen MR) is 56.6 cm³/mol. The minimum atomic E-state index is 0.605. The molecule has 0 fully saturated rings. The van der Waals surface area contributed by atoms with Gasteiger partial charge in [-0.3, -0.25) is 0 Å². The maximum Gasteiger partial charge on any atom is 0.0207 e. The Morgan fingerprint density at radius 2 is 2.00 bits per heavy atom. The SMILES string of the molecule is CC(C)CC(C)NCCCSO. The highest BCUT2D eigenvalue weighted by Crippen LogP contribution is 2.03. The van der Waals surface area contributed by atoms with Gasteiger partial charge in [0.1, 0.15) is 0 Å². The fourth-order valence-electron chi connectivity index (χ4n) is 1.28. The van der Waals surface area contributed by atoms with Gasteiger partial charge in [0.05, 0.1) is 0 Å². The highest BCUT2D eigenvalue weighted by atomic mass is 32.2. The lowest BCUT2D eigenvalue weighted by Crippen LogP contribution is -2.28. The molecule has 0 spiro atoms. The van der Waals surface area contributed by atoms with Gasteiger partial charge in [-0.1, -0.05) is 13.8 Å². The molecule has 0 bridgehead atoms. The van der Waals surface area contributed by atoms with Crippen molar-refractivity contribution in [2.24, 2.45) is 5.92 Å². The summed E-state index contributed by atoms with van der Waals surface area (Å²) in [7, 11) is 0. The summed E-state index contributed by atoms with van der Waals surface area (Å²) in [6.07, 6.45) is 2.27. The van der Waals surface area contributed by atoms with Crippen LogP contribution >= 0.6 is 12.0 Å². The van der Waals surface area contributed by atoms with Crippen molar-refractivity contribution in [2.45, 2.75) is 39.7 Å². The minimum absolute atomic E-state index is 0.605. The molecule has 0 aromatic carbocycles. The van der Waals surface area contributed by atoms with E-state index >= 15 is 0 Å². The Kier molecular flexibility index (Phi) is 8.07. The van der Waals surface area contributed by atoms with Crippen LogP contribution in [-0.2, 0) is 0 Å². The topological polar surface area (TPSA) is 32.3 Å². The van der Waals surface area contributed by atoms with Crippen molar-refractivity contribution in [3.63, 3.8) is 0 Å². The van der Waals surface area contributed by atoms with Crippen LogP contribution in [0, 0.1) is 5.92 Å². The molecule has 12 heavy (non-hydrogen) atoms. The summed E-state index contributed by atoms with van der Waals surface area (Å²) in [5, 5.41) is 3.42. The highest BCUT2D eigenvalue weighted by molar-refractivity contribution is 7.93.